The van der Waals surface area contributed by atoms with Gasteiger partial charge in [-0.3, -0.25) is 0 Å². The minimum atomic E-state index is 0.0612. The first-order valence-electron chi connectivity index (χ1n) is 5.32. The topological polar surface area (TPSA) is 56.8 Å². The van der Waals surface area contributed by atoms with Gasteiger partial charge in [-0.05, 0) is 25.5 Å². The van der Waals surface area contributed by atoms with E-state index in [4.69, 9.17) is 15.3 Å². The van der Waals surface area contributed by atoms with Gasteiger partial charge in [0.05, 0.1) is 11.7 Å². The molecule has 3 heteroatoms. The third-order valence-corrected chi connectivity index (χ3v) is 2.28. The van der Waals surface area contributed by atoms with E-state index in [1.165, 1.54) is 0 Å². The van der Waals surface area contributed by atoms with Crippen molar-refractivity contribution < 1.29 is 4.74 Å². The second kappa shape index (κ2) is 5.78. The lowest BCUT2D eigenvalue weighted by molar-refractivity contribution is 0.209. The van der Waals surface area contributed by atoms with Gasteiger partial charge in [-0.2, -0.15) is 10.5 Å². The van der Waals surface area contributed by atoms with Crippen molar-refractivity contribution >= 4 is 0 Å². The highest BCUT2D eigenvalue weighted by Gasteiger charge is 2.11. The van der Waals surface area contributed by atoms with Crippen molar-refractivity contribution in [2.24, 2.45) is 0 Å². The Hall–Kier alpha value is -2.00. The highest BCUT2D eigenvalue weighted by atomic mass is 16.5. The molecule has 0 fully saturated rings. The van der Waals surface area contributed by atoms with Crippen LogP contribution in [0.3, 0.4) is 0 Å². The molecular formula is C13H14N2O. The van der Waals surface area contributed by atoms with E-state index in [0.717, 1.165) is 12.8 Å². The molecule has 0 aliphatic rings. The van der Waals surface area contributed by atoms with E-state index in [2.05, 4.69) is 6.92 Å². The molecule has 0 N–H and O–H groups in total. The minimum Gasteiger partial charge on any atom is -0.489 e. The first-order chi connectivity index (χ1) is 7.72. The third kappa shape index (κ3) is 2.74. The number of benzene rings is 1. The predicted octanol–water partition coefficient (Wildman–Crippen LogP) is 3.00. The fourth-order valence-corrected chi connectivity index (χ4v) is 1.52. The molecule has 0 spiro atoms. The van der Waals surface area contributed by atoms with Gasteiger partial charge in [0, 0.05) is 0 Å². The maximum absolute atomic E-state index is 8.99. The van der Waals surface area contributed by atoms with Crippen molar-refractivity contribution in [3.63, 3.8) is 0 Å². The van der Waals surface area contributed by atoms with Crippen LogP contribution in [0.15, 0.2) is 18.2 Å². The Balaban J connectivity index is 2.97. The zero-order valence-corrected chi connectivity index (χ0v) is 9.53. The van der Waals surface area contributed by atoms with Crippen LogP contribution in [0.4, 0.5) is 0 Å². The van der Waals surface area contributed by atoms with Gasteiger partial charge in [0.25, 0.3) is 0 Å². The molecule has 1 atom stereocenters. The van der Waals surface area contributed by atoms with Crippen molar-refractivity contribution in [3.05, 3.63) is 29.3 Å². The summed E-state index contributed by atoms with van der Waals surface area (Å²) in [6.45, 7) is 4.04. The number of nitriles is 2. The van der Waals surface area contributed by atoms with E-state index in [1.807, 2.05) is 19.1 Å². The Labute approximate surface area is 95.9 Å². The maximum Gasteiger partial charge on any atom is 0.138 e. The minimum absolute atomic E-state index is 0.0612. The Morgan fingerprint density at radius 1 is 1.31 bits per heavy atom. The lowest BCUT2D eigenvalue weighted by Crippen LogP contribution is -2.12. The summed E-state index contributed by atoms with van der Waals surface area (Å²) in [4.78, 5) is 0. The Kier molecular flexibility index (Phi) is 4.36. The van der Waals surface area contributed by atoms with Crippen LogP contribution >= 0.6 is 0 Å². The second-order valence-electron chi connectivity index (χ2n) is 3.62. The Bertz CT molecular complexity index is 440. The number of nitrogens with zero attached hydrogens (tertiary/aromatic N) is 2. The van der Waals surface area contributed by atoms with Crippen LogP contribution in [0.2, 0.25) is 0 Å². The average molecular weight is 214 g/mol. The molecule has 0 amide bonds. The van der Waals surface area contributed by atoms with Gasteiger partial charge in [0.2, 0.25) is 0 Å². The molecule has 0 radical (unpaired) electrons. The highest BCUT2D eigenvalue weighted by molar-refractivity contribution is 5.53. The standard InChI is InChI=1S/C13H14N2O/c1-3-5-10(2)16-13-7-4-6-11(8-14)12(13)9-15/h4,6-7,10H,3,5H2,1-2H3. The molecule has 0 saturated heterocycles. The normalized spacial score (nSPS) is 11.2. The largest absolute Gasteiger partial charge is 0.489 e. The quantitative estimate of drug-likeness (QED) is 0.774. The van der Waals surface area contributed by atoms with E-state index in [1.54, 1.807) is 18.2 Å². The van der Waals surface area contributed by atoms with Crippen molar-refractivity contribution in [2.75, 3.05) is 0 Å². The van der Waals surface area contributed by atoms with Gasteiger partial charge in [-0.1, -0.05) is 19.4 Å². The number of rotatable bonds is 4. The summed E-state index contributed by atoms with van der Waals surface area (Å²) >= 11 is 0. The molecular weight excluding hydrogens is 200 g/mol. The smallest absolute Gasteiger partial charge is 0.138 e. The van der Waals surface area contributed by atoms with Crippen molar-refractivity contribution in [3.8, 4) is 17.9 Å². The van der Waals surface area contributed by atoms with E-state index >= 15 is 0 Å². The Morgan fingerprint density at radius 2 is 2.06 bits per heavy atom. The molecule has 82 valence electrons. The lowest BCUT2D eigenvalue weighted by atomic mass is 10.1. The van der Waals surface area contributed by atoms with Crippen LogP contribution < -0.4 is 4.74 Å². The first-order valence-corrected chi connectivity index (χ1v) is 5.32. The van der Waals surface area contributed by atoms with Crippen LogP contribution in [-0.2, 0) is 0 Å². The van der Waals surface area contributed by atoms with Crippen LogP contribution in [0, 0.1) is 22.7 Å². The summed E-state index contributed by atoms with van der Waals surface area (Å²) in [6, 6.07) is 9.08. The molecule has 0 aromatic heterocycles. The third-order valence-electron chi connectivity index (χ3n) is 2.28. The summed E-state index contributed by atoms with van der Waals surface area (Å²) in [6.07, 6.45) is 2.02. The summed E-state index contributed by atoms with van der Waals surface area (Å²) in [5.41, 5.74) is 0.691. The monoisotopic (exact) mass is 214 g/mol. The Morgan fingerprint density at radius 3 is 2.62 bits per heavy atom. The molecule has 1 unspecified atom stereocenters. The number of hydrogen-bond acceptors (Lipinski definition) is 3. The molecule has 0 aliphatic carbocycles. The van der Waals surface area contributed by atoms with Crippen LogP contribution in [-0.4, -0.2) is 6.10 Å². The van der Waals surface area contributed by atoms with Gasteiger partial charge in [0.15, 0.2) is 0 Å². The molecule has 16 heavy (non-hydrogen) atoms. The van der Waals surface area contributed by atoms with E-state index in [9.17, 15) is 0 Å². The van der Waals surface area contributed by atoms with Gasteiger partial charge in [0.1, 0.15) is 23.5 Å². The lowest BCUT2D eigenvalue weighted by Gasteiger charge is -2.14. The molecule has 0 aliphatic heterocycles. The number of hydrogen-bond donors (Lipinski definition) is 0. The van der Waals surface area contributed by atoms with E-state index < -0.39 is 0 Å². The fraction of sp³-hybridized carbons (Fsp3) is 0.385. The van der Waals surface area contributed by atoms with E-state index in [-0.39, 0.29) is 6.10 Å². The molecule has 0 heterocycles. The van der Waals surface area contributed by atoms with Crippen molar-refractivity contribution in [1.82, 2.24) is 0 Å². The molecule has 0 bridgehead atoms. The summed E-state index contributed by atoms with van der Waals surface area (Å²) in [7, 11) is 0. The maximum atomic E-state index is 8.99. The van der Waals surface area contributed by atoms with Crippen LogP contribution in [0.1, 0.15) is 37.8 Å². The van der Waals surface area contributed by atoms with Crippen molar-refractivity contribution in [1.29, 1.82) is 10.5 Å². The predicted molar refractivity (Wildman–Crippen MR) is 60.9 cm³/mol. The average Bonchev–Trinajstić information content (AvgIpc) is 2.29. The highest BCUT2D eigenvalue weighted by Crippen LogP contribution is 2.22. The van der Waals surface area contributed by atoms with Crippen molar-refractivity contribution in [2.45, 2.75) is 32.8 Å². The van der Waals surface area contributed by atoms with Crippen LogP contribution in [0.5, 0.6) is 5.75 Å². The summed E-state index contributed by atoms with van der Waals surface area (Å²) in [5.74, 6) is 0.502. The summed E-state index contributed by atoms with van der Waals surface area (Å²) < 4.78 is 5.65. The SMILES string of the molecule is CCCC(C)Oc1cccc(C#N)c1C#N. The first kappa shape index (κ1) is 12.1. The van der Waals surface area contributed by atoms with Gasteiger partial charge in [-0.25, -0.2) is 0 Å². The summed E-state index contributed by atoms with van der Waals surface area (Å²) in [5, 5.41) is 17.8. The molecule has 3 nitrogen and oxygen atoms in total. The second-order valence-corrected chi connectivity index (χ2v) is 3.62. The van der Waals surface area contributed by atoms with Gasteiger partial charge in [-0.15, -0.1) is 0 Å². The molecule has 1 aromatic carbocycles. The van der Waals surface area contributed by atoms with Gasteiger partial charge >= 0.3 is 0 Å². The zero-order valence-electron chi connectivity index (χ0n) is 9.53. The molecule has 1 aromatic rings. The fourth-order valence-electron chi connectivity index (χ4n) is 1.52. The molecule has 1 rings (SSSR count). The van der Waals surface area contributed by atoms with Crippen LogP contribution in [0.25, 0.3) is 0 Å². The van der Waals surface area contributed by atoms with Gasteiger partial charge < -0.3 is 4.74 Å². The van der Waals surface area contributed by atoms with E-state index in [0.29, 0.717) is 16.9 Å². The zero-order chi connectivity index (χ0) is 12.0. The number of ether oxygens (including phenoxy) is 1. The molecule has 0 saturated carbocycles.